The van der Waals surface area contributed by atoms with Crippen LogP contribution in [-0.2, 0) is 0 Å². The summed E-state index contributed by atoms with van der Waals surface area (Å²) in [5.74, 6) is 0. The number of aromatic nitrogens is 2. The van der Waals surface area contributed by atoms with Gasteiger partial charge >= 0.3 is 0 Å². The monoisotopic (exact) mass is 701 g/mol. The number of hydrogen-bond donors (Lipinski definition) is 0. The number of hydrogen-bond acceptors (Lipinski definition) is 2. The first kappa shape index (κ1) is 31.8. The first-order valence-corrected chi connectivity index (χ1v) is 18.2. The zero-order valence-electron chi connectivity index (χ0n) is 29.6. The Morgan fingerprint density at radius 2 is 0.945 bits per heavy atom. The minimum absolute atomic E-state index is 0.430. The van der Waals surface area contributed by atoms with Crippen molar-refractivity contribution < 1.29 is 0 Å². The molecule has 10 aromatic rings. The number of fused-ring (bicyclic) bond motifs is 6. The predicted octanol–water partition coefficient (Wildman–Crippen LogP) is 13.4. The van der Waals surface area contributed by atoms with Crippen molar-refractivity contribution >= 4 is 66.4 Å². The molecule has 0 aliphatic carbocycles. The molecule has 0 spiro atoms. The summed E-state index contributed by atoms with van der Waals surface area (Å²) in [7, 11) is 0. The molecule has 0 aliphatic rings. The van der Waals surface area contributed by atoms with Crippen LogP contribution in [0.4, 0.5) is 22.7 Å². The number of para-hydroxylation sites is 4. The number of rotatable bonds is 6. The van der Waals surface area contributed by atoms with Crippen LogP contribution in [0.15, 0.2) is 188 Å². The number of benzene rings is 8. The highest BCUT2D eigenvalue weighted by Gasteiger charge is 2.19. The highest BCUT2D eigenvalue weighted by atomic mass is 15.1. The van der Waals surface area contributed by atoms with Crippen LogP contribution >= 0.6 is 0 Å². The smallest absolute Gasteiger partial charge is 0.190 e. The summed E-state index contributed by atoms with van der Waals surface area (Å²) in [6, 6.07) is 67.6. The second-order valence-electron chi connectivity index (χ2n) is 13.7. The molecule has 10 rings (SSSR count). The van der Waals surface area contributed by atoms with Crippen LogP contribution in [0.3, 0.4) is 0 Å². The van der Waals surface area contributed by atoms with Gasteiger partial charge in [-0.15, -0.1) is 0 Å². The largest absolute Gasteiger partial charge is 0.310 e. The lowest BCUT2D eigenvalue weighted by Crippen LogP contribution is -2.09. The molecule has 2 aromatic heterocycles. The average Bonchev–Trinajstić information content (AvgIpc) is 3.76. The topological polar surface area (TPSA) is 41.2 Å². The van der Waals surface area contributed by atoms with Crippen molar-refractivity contribution in [2.24, 2.45) is 0 Å². The third kappa shape index (κ3) is 5.31. The summed E-state index contributed by atoms with van der Waals surface area (Å²) in [5.41, 5.74) is 12.5. The van der Waals surface area contributed by atoms with Crippen LogP contribution in [0.2, 0.25) is 0 Å². The number of nitrogens with zero attached hydrogens (tertiary/aromatic N) is 5. The van der Waals surface area contributed by atoms with Crippen molar-refractivity contribution in [3.05, 3.63) is 205 Å². The first-order valence-electron chi connectivity index (χ1n) is 18.2. The van der Waals surface area contributed by atoms with Crippen LogP contribution in [-0.4, -0.2) is 9.13 Å². The molecule has 0 fully saturated rings. The van der Waals surface area contributed by atoms with Crippen molar-refractivity contribution in [2.75, 3.05) is 4.90 Å². The van der Waals surface area contributed by atoms with Gasteiger partial charge in [0, 0.05) is 55.5 Å². The summed E-state index contributed by atoms with van der Waals surface area (Å²) in [6.45, 7) is 7.78. The van der Waals surface area contributed by atoms with E-state index < -0.39 is 0 Å². The third-order valence-electron chi connectivity index (χ3n) is 10.5. The molecule has 0 atom stereocenters. The fourth-order valence-electron chi connectivity index (χ4n) is 8.07. The van der Waals surface area contributed by atoms with Crippen molar-refractivity contribution in [3.63, 3.8) is 0 Å². The molecule has 0 aliphatic heterocycles. The molecule has 0 saturated carbocycles. The van der Waals surface area contributed by atoms with E-state index in [-0.39, 0.29) is 0 Å². The van der Waals surface area contributed by atoms with E-state index >= 15 is 0 Å². The summed E-state index contributed by atoms with van der Waals surface area (Å²) < 4.78 is 4.52. The second kappa shape index (κ2) is 13.0. The van der Waals surface area contributed by atoms with E-state index in [1.54, 1.807) is 6.07 Å². The molecule has 55 heavy (non-hydrogen) atoms. The van der Waals surface area contributed by atoms with Crippen LogP contribution in [0.1, 0.15) is 5.56 Å². The average molecular weight is 702 g/mol. The van der Waals surface area contributed by atoms with Gasteiger partial charge < -0.3 is 14.0 Å². The molecule has 5 heteroatoms. The SMILES string of the molecule is [C-]#[N+]c1cc(C#N)cc(-n2c3ccc(-c4ccc5c(c4)c4ccccc4n5-c4ccccc4)cc3c3cc(N(c4ccccc4)c4ccccc4)ccc32)c1. The van der Waals surface area contributed by atoms with E-state index in [9.17, 15) is 5.26 Å². The van der Waals surface area contributed by atoms with Crippen molar-refractivity contribution in [1.29, 1.82) is 5.26 Å². The molecule has 256 valence electrons. The van der Waals surface area contributed by atoms with Gasteiger partial charge in [-0.2, -0.15) is 5.26 Å². The lowest BCUT2D eigenvalue weighted by molar-refractivity contribution is 1.18. The Morgan fingerprint density at radius 1 is 0.436 bits per heavy atom. The zero-order chi connectivity index (χ0) is 36.9. The maximum atomic E-state index is 9.92. The summed E-state index contributed by atoms with van der Waals surface area (Å²) >= 11 is 0. The molecule has 0 unspecified atom stereocenters. The van der Waals surface area contributed by atoms with Crippen molar-refractivity contribution in [3.8, 4) is 28.6 Å². The molecular weight excluding hydrogens is 671 g/mol. The molecule has 0 N–H and O–H groups in total. The fourth-order valence-corrected chi connectivity index (χ4v) is 8.07. The normalized spacial score (nSPS) is 11.2. The number of nitriles is 1. The summed E-state index contributed by atoms with van der Waals surface area (Å²) in [6.07, 6.45) is 0. The van der Waals surface area contributed by atoms with E-state index in [0.29, 0.717) is 11.3 Å². The van der Waals surface area contributed by atoms with E-state index in [2.05, 4.69) is 183 Å². The van der Waals surface area contributed by atoms with Crippen LogP contribution in [0.25, 0.3) is 71.0 Å². The molecule has 0 saturated heterocycles. The Kier molecular flexibility index (Phi) is 7.51. The molecule has 2 heterocycles. The van der Waals surface area contributed by atoms with Gasteiger partial charge in [0.15, 0.2) is 5.69 Å². The second-order valence-corrected chi connectivity index (χ2v) is 13.7. The zero-order valence-corrected chi connectivity index (χ0v) is 29.6. The number of anilines is 3. The molecule has 0 bridgehead atoms. The van der Waals surface area contributed by atoms with Gasteiger partial charge in [0.05, 0.1) is 34.7 Å². The third-order valence-corrected chi connectivity index (χ3v) is 10.5. The molecular formula is C50H31N5. The summed E-state index contributed by atoms with van der Waals surface area (Å²) in [5, 5.41) is 14.5. The first-order chi connectivity index (χ1) is 27.2. The van der Waals surface area contributed by atoms with Gasteiger partial charge in [0.25, 0.3) is 0 Å². The van der Waals surface area contributed by atoms with Crippen molar-refractivity contribution in [1.82, 2.24) is 9.13 Å². The Balaban J connectivity index is 1.22. The van der Waals surface area contributed by atoms with Gasteiger partial charge in [-0.05, 0) is 114 Å². The quantitative estimate of drug-likeness (QED) is 0.162. The standard InChI is InChI=1S/C50H31N5/c1-52-37-27-34(33-51)28-42(31-37)55-49-25-22-36(35-21-24-48-44(29-35)43-19-11-12-20-47(43)54(48)40-17-9-4-10-18-40)30-45(49)46-32-41(23-26-50(46)55)53(38-13-5-2-6-14-38)39-15-7-3-8-16-39/h2-32H. The van der Waals surface area contributed by atoms with E-state index in [4.69, 9.17) is 6.57 Å². The van der Waals surface area contributed by atoms with Gasteiger partial charge in [0.1, 0.15) is 0 Å². The van der Waals surface area contributed by atoms with E-state index in [1.165, 1.54) is 16.3 Å². The van der Waals surface area contributed by atoms with Gasteiger partial charge in [-0.25, -0.2) is 4.85 Å². The lowest BCUT2D eigenvalue weighted by Gasteiger charge is -2.25. The van der Waals surface area contributed by atoms with Crippen LogP contribution in [0, 0.1) is 17.9 Å². The molecule has 0 radical (unpaired) electrons. The highest BCUT2D eigenvalue weighted by molar-refractivity contribution is 6.13. The Morgan fingerprint density at radius 3 is 1.56 bits per heavy atom. The Bertz CT molecular complexity index is 3090. The van der Waals surface area contributed by atoms with Gasteiger partial charge in [-0.1, -0.05) is 84.9 Å². The van der Waals surface area contributed by atoms with Crippen LogP contribution in [0.5, 0.6) is 0 Å². The highest BCUT2D eigenvalue weighted by Crippen LogP contribution is 2.42. The van der Waals surface area contributed by atoms with Gasteiger partial charge in [0.2, 0.25) is 0 Å². The van der Waals surface area contributed by atoms with E-state index in [1.807, 2.05) is 24.3 Å². The molecule has 8 aromatic carbocycles. The Hall–Kier alpha value is -7.86. The maximum Gasteiger partial charge on any atom is 0.190 e. The lowest BCUT2D eigenvalue weighted by atomic mass is 10.0. The van der Waals surface area contributed by atoms with Gasteiger partial charge in [-0.3, -0.25) is 0 Å². The molecule has 0 amide bonds. The van der Waals surface area contributed by atoms with E-state index in [0.717, 1.165) is 66.9 Å². The predicted molar refractivity (Wildman–Crippen MR) is 226 cm³/mol. The van der Waals surface area contributed by atoms with Crippen molar-refractivity contribution in [2.45, 2.75) is 0 Å². The fraction of sp³-hybridized carbons (Fsp3) is 0. The Labute approximate surface area is 318 Å². The maximum absolute atomic E-state index is 9.92. The van der Waals surface area contributed by atoms with Crippen LogP contribution < -0.4 is 4.90 Å². The summed E-state index contributed by atoms with van der Waals surface area (Å²) in [4.78, 5) is 5.99. The molecule has 5 nitrogen and oxygen atoms in total. The minimum atomic E-state index is 0.430. The minimum Gasteiger partial charge on any atom is -0.310 e.